The second-order valence-corrected chi connectivity index (χ2v) is 5.42. The summed E-state index contributed by atoms with van der Waals surface area (Å²) in [6.07, 6.45) is 1.16. The molecule has 1 aliphatic rings. The molecule has 1 unspecified atom stereocenters. The van der Waals surface area contributed by atoms with Crippen LogP contribution in [-0.2, 0) is 4.74 Å². The highest BCUT2D eigenvalue weighted by atomic mass is 16.5. The van der Waals surface area contributed by atoms with Gasteiger partial charge in [0.05, 0.1) is 18.0 Å². The first-order valence-corrected chi connectivity index (χ1v) is 6.63. The Bertz CT molecular complexity index is 413. The van der Waals surface area contributed by atoms with Crippen LogP contribution in [-0.4, -0.2) is 36.6 Å². The van der Waals surface area contributed by atoms with Gasteiger partial charge in [-0.25, -0.2) is 4.68 Å². The Hall–Kier alpha value is -1.23. The lowest BCUT2D eigenvalue weighted by Crippen LogP contribution is -2.25. The van der Waals surface area contributed by atoms with E-state index < -0.39 is 0 Å². The first kappa shape index (κ1) is 13.2. The van der Waals surface area contributed by atoms with Crippen molar-refractivity contribution in [2.75, 3.05) is 37.4 Å². The molecule has 2 heterocycles. The number of ether oxygens (including phenoxy) is 1. The van der Waals surface area contributed by atoms with Gasteiger partial charge in [-0.3, -0.25) is 0 Å². The van der Waals surface area contributed by atoms with Gasteiger partial charge in [-0.1, -0.05) is 0 Å². The van der Waals surface area contributed by atoms with Gasteiger partial charge in [-0.2, -0.15) is 5.10 Å². The third-order valence-electron chi connectivity index (χ3n) is 3.58. The summed E-state index contributed by atoms with van der Waals surface area (Å²) < 4.78 is 7.28. The minimum atomic E-state index is 0.331. The summed E-state index contributed by atoms with van der Waals surface area (Å²) in [5, 5.41) is 4.54. The summed E-state index contributed by atoms with van der Waals surface area (Å²) in [6, 6.07) is 0.331. The molecule has 0 bridgehead atoms. The summed E-state index contributed by atoms with van der Waals surface area (Å²) in [5.74, 6) is 1.69. The number of anilines is 2. The molecule has 1 fully saturated rings. The smallest absolute Gasteiger partial charge is 0.150 e. The lowest BCUT2D eigenvalue weighted by Gasteiger charge is -2.22. The Morgan fingerprint density at radius 2 is 2.22 bits per heavy atom. The molecule has 1 saturated heterocycles. The minimum Gasteiger partial charge on any atom is -0.394 e. The number of nitrogens with zero attached hydrogens (tertiary/aromatic N) is 3. The zero-order valence-electron chi connectivity index (χ0n) is 11.8. The van der Waals surface area contributed by atoms with Gasteiger partial charge >= 0.3 is 0 Å². The van der Waals surface area contributed by atoms with Gasteiger partial charge in [-0.05, 0) is 27.2 Å². The molecule has 0 aromatic carbocycles. The van der Waals surface area contributed by atoms with Gasteiger partial charge < -0.3 is 15.4 Å². The van der Waals surface area contributed by atoms with Crippen LogP contribution in [0.25, 0.3) is 0 Å². The van der Waals surface area contributed by atoms with Crippen LogP contribution in [0, 0.1) is 12.8 Å². The van der Waals surface area contributed by atoms with Crippen molar-refractivity contribution in [2.45, 2.75) is 33.2 Å². The Morgan fingerprint density at radius 3 is 2.83 bits per heavy atom. The van der Waals surface area contributed by atoms with Gasteiger partial charge in [0.15, 0.2) is 5.82 Å². The molecule has 1 aliphatic heterocycles. The fourth-order valence-corrected chi connectivity index (χ4v) is 2.62. The van der Waals surface area contributed by atoms with Crippen LogP contribution in [0.4, 0.5) is 11.5 Å². The molecule has 0 spiro atoms. The fraction of sp³-hybridized carbons (Fsp3) is 0.769. The van der Waals surface area contributed by atoms with Crippen molar-refractivity contribution in [3.05, 3.63) is 5.69 Å². The van der Waals surface area contributed by atoms with Crippen molar-refractivity contribution in [3.63, 3.8) is 0 Å². The number of aromatic nitrogens is 2. The van der Waals surface area contributed by atoms with E-state index in [9.17, 15) is 0 Å². The van der Waals surface area contributed by atoms with Crippen LogP contribution >= 0.6 is 0 Å². The predicted octanol–water partition coefficient (Wildman–Crippen LogP) is 1.83. The molecule has 0 amide bonds. The monoisotopic (exact) mass is 252 g/mol. The average molecular weight is 252 g/mol. The van der Waals surface area contributed by atoms with E-state index in [0.717, 1.165) is 43.3 Å². The van der Waals surface area contributed by atoms with Crippen molar-refractivity contribution in [2.24, 2.45) is 5.92 Å². The summed E-state index contributed by atoms with van der Waals surface area (Å²) in [6.45, 7) is 9.12. The molecule has 18 heavy (non-hydrogen) atoms. The van der Waals surface area contributed by atoms with E-state index in [2.05, 4.69) is 23.8 Å². The maximum atomic E-state index is 6.18. The first-order valence-electron chi connectivity index (χ1n) is 6.63. The molecule has 5 heteroatoms. The van der Waals surface area contributed by atoms with E-state index in [1.165, 1.54) is 0 Å². The lowest BCUT2D eigenvalue weighted by atomic mass is 10.1. The van der Waals surface area contributed by atoms with Gasteiger partial charge in [-0.15, -0.1) is 0 Å². The van der Waals surface area contributed by atoms with E-state index in [1.807, 2.05) is 11.6 Å². The third kappa shape index (κ3) is 2.32. The van der Waals surface area contributed by atoms with Gasteiger partial charge in [0.1, 0.15) is 0 Å². The largest absolute Gasteiger partial charge is 0.394 e. The van der Waals surface area contributed by atoms with Gasteiger partial charge in [0, 0.05) is 32.2 Å². The summed E-state index contributed by atoms with van der Waals surface area (Å²) >= 11 is 0. The molecule has 1 aromatic rings. The maximum Gasteiger partial charge on any atom is 0.150 e. The molecular formula is C13H24N4O. The van der Waals surface area contributed by atoms with Crippen LogP contribution in [0.1, 0.15) is 32.0 Å². The molecule has 0 radical (unpaired) electrons. The quantitative estimate of drug-likeness (QED) is 0.888. The number of hydrogen-bond acceptors (Lipinski definition) is 4. The molecule has 1 aromatic heterocycles. The molecule has 0 saturated carbocycles. The van der Waals surface area contributed by atoms with Crippen molar-refractivity contribution in [1.82, 2.24) is 9.78 Å². The number of nitrogen functional groups attached to an aromatic ring is 1. The van der Waals surface area contributed by atoms with E-state index in [-0.39, 0.29) is 0 Å². The second-order valence-electron chi connectivity index (χ2n) is 5.42. The van der Waals surface area contributed by atoms with Gasteiger partial charge in [0.25, 0.3) is 0 Å². The van der Waals surface area contributed by atoms with Crippen molar-refractivity contribution < 1.29 is 4.74 Å². The molecule has 5 nitrogen and oxygen atoms in total. The SMILES string of the molecule is COCC1CCN(c2c(N)c(C)nn2C(C)C)C1. The third-order valence-corrected chi connectivity index (χ3v) is 3.58. The predicted molar refractivity (Wildman–Crippen MR) is 74.0 cm³/mol. The standard InChI is InChI=1S/C13H24N4O/c1-9(2)17-13(12(14)10(3)15-17)16-6-5-11(7-16)8-18-4/h9,11H,5-8,14H2,1-4H3. The van der Waals surface area contributed by atoms with E-state index >= 15 is 0 Å². The highest BCUT2D eigenvalue weighted by Crippen LogP contribution is 2.33. The zero-order valence-corrected chi connectivity index (χ0v) is 11.8. The normalized spacial score (nSPS) is 20.1. The Kier molecular flexibility index (Phi) is 3.80. The summed E-state index contributed by atoms with van der Waals surface area (Å²) in [7, 11) is 1.76. The molecule has 2 N–H and O–H groups in total. The first-order chi connectivity index (χ1) is 8.54. The maximum absolute atomic E-state index is 6.18. The van der Waals surface area contributed by atoms with Crippen molar-refractivity contribution in [1.29, 1.82) is 0 Å². The fourth-order valence-electron chi connectivity index (χ4n) is 2.62. The topological polar surface area (TPSA) is 56.3 Å². The van der Waals surface area contributed by atoms with Crippen molar-refractivity contribution in [3.8, 4) is 0 Å². The highest BCUT2D eigenvalue weighted by molar-refractivity contribution is 5.66. The number of methoxy groups -OCH3 is 1. The van der Waals surface area contributed by atoms with Crippen LogP contribution in [0.5, 0.6) is 0 Å². The van der Waals surface area contributed by atoms with Gasteiger partial charge in [0.2, 0.25) is 0 Å². The van der Waals surface area contributed by atoms with Crippen LogP contribution < -0.4 is 10.6 Å². The minimum absolute atomic E-state index is 0.331. The Labute approximate surface area is 109 Å². The van der Waals surface area contributed by atoms with E-state index in [0.29, 0.717) is 12.0 Å². The average Bonchev–Trinajstić information content (AvgIpc) is 2.86. The Balaban J connectivity index is 2.23. The zero-order chi connectivity index (χ0) is 13.3. The van der Waals surface area contributed by atoms with E-state index in [4.69, 9.17) is 10.5 Å². The van der Waals surface area contributed by atoms with Crippen LogP contribution in [0.3, 0.4) is 0 Å². The molecule has 2 rings (SSSR count). The second kappa shape index (κ2) is 5.18. The van der Waals surface area contributed by atoms with Crippen LogP contribution in [0.15, 0.2) is 0 Å². The van der Waals surface area contributed by atoms with Crippen molar-refractivity contribution >= 4 is 11.5 Å². The number of nitrogens with two attached hydrogens (primary N) is 1. The van der Waals surface area contributed by atoms with Crippen LogP contribution in [0.2, 0.25) is 0 Å². The summed E-state index contributed by atoms with van der Waals surface area (Å²) in [5.41, 5.74) is 7.93. The lowest BCUT2D eigenvalue weighted by molar-refractivity contribution is 0.161. The molecule has 102 valence electrons. The summed E-state index contributed by atoms with van der Waals surface area (Å²) in [4.78, 5) is 2.35. The molecule has 1 atom stereocenters. The van der Waals surface area contributed by atoms with E-state index in [1.54, 1.807) is 7.11 Å². The molecular weight excluding hydrogens is 228 g/mol. The Morgan fingerprint density at radius 1 is 1.50 bits per heavy atom. The molecule has 0 aliphatic carbocycles. The number of rotatable bonds is 4. The highest BCUT2D eigenvalue weighted by Gasteiger charge is 2.28. The number of hydrogen-bond donors (Lipinski definition) is 1. The number of aryl methyl sites for hydroxylation is 1.